The molecule has 23 heavy (non-hydrogen) atoms. The van der Waals surface area contributed by atoms with Crippen LogP contribution in [0.4, 0.5) is 26.3 Å². The Labute approximate surface area is 129 Å². The first kappa shape index (κ1) is 18.9. The van der Waals surface area contributed by atoms with Crippen molar-refractivity contribution in [2.24, 2.45) is 0 Å². The Morgan fingerprint density at radius 3 is 1.83 bits per heavy atom. The lowest BCUT2D eigenvalue weighted by molar-refractivity contribution is -0.142. The summed E-state index contributed by atoms with van der Waals surface area (Å²) in [6.07, 6.45) is -9.78. The van der Waals surface area contributed by atoms with Gasteiger partial charge in [0.1, 0.15) is 0 Å². The molecular formula is C15H14F6N2. The van der Waals surface area contributed by atoms with Gasteiger partial charge in [0, 0.05) is 5.56 Å². The molecule has 0 fully saturated rings. The summed E-state index contributed by atoms with van der Waals surface area (Å²) < 4.78 is 76.5. The number of hydrogen-bond acceptors (Lipinski definition) is 2. The fourth-order valence-electron chi connectivity index (χ4n) is 1.72. The third-order valence-electron chi connectivity index (χ3n) is 2.73. The van der Waals surface area contributed by atoms with Crippen molar-refractivity contribution in [2.75, 3.05) is 0 Å². The van der Waals surface area contributed by atoms with Gasteiger partial charge in [0.05, 0.1) is 22.5 Å². The molecule has 1 aromatic carbocycles. The second-order valence-electron chi connectivity index (χ2n) is 4.32. The molecule has 0 spiro atoms. The smallest absolute Gasteiger partial charge is 0.166 e. The number of aryl methyl sites for hydroxylation is 1. The van der Waals surface area contributed by atoms with Crippen molar-refractivity contribution in [1.82, 2.24) is 10.2 Å². The second kappa shape index (κ2) is 6.97. The van der Waals surface area contributed by atoms with Crippen LogP contribution in [0.25, 0.3) is 11.3 Å². The van der Waals surface area contributed by atoms with Crippen molar-refractivity contribution in [1.29, 1.82) is 0 Å². The predicted molar refractivity (Wildman–Crippen MR) is 73.6 cm³/mol. The number of benzene rings is 1. The van der Waals surface area contributed by atoms with Crippen molar-refractivity contribution < 1.29 is 26.3 Å². The van der Waals surface area contributed by atoms with Gasteiger partial charge in [-0.25, -0.2) is 0 Å². The molecule has 0 aliphatic carbocycles. The average Bonchev–Trinajstić information content (AvgIpc) is 2.48. The summed E-state index contributed by atoms with van der Waals surface area (Å²) in [5, 5.41) is 7.19. The standard InChI is InChI=1S/C13H8F6N2.C2H6/c1-7-2-5-11(21-20-7)9-4-3-8(12(14,15)16)6-10(9)13(17,18)19;1-2/h2-6H,1H3;1-2H3. The Balaban J connectivity index is 0.00000127. The SMILES string of the molecule is CC.Cc1ccc(-c2ccc(C(F)(F)F)cc2C(F)(F)F)nn1. The molecule has 0 saturated heterocycles. The van der Waals surface area contributed by atoms with E-state index in [9.17, 15) is 26.3 Å². The van der Waals surface area contributed by atoms with E-state index in [1.165, 1.54) is 12.1 Å². The van der Waals surface area contributed by atoms with Gasteiger partial charge in [0.15, 0.2) is 0 Å². The third-order valence-corrected chi connectivity index (χ3v) is 2.73. The molecule has 1 heterocycles. The summed E-state index contributed by atoms with van der Waals surface area (Å²) in [4.78, 5) is 0. The number of hydrogen-bond donors (Lipinski definition) is 0. The van der Waals surface area contributed by atoms with Crippen LogP contribution >= 0.6 is 0 Å². The molecule has 126 valence electrons. The summed E-state index contributed by atoms with van der Waals surface area (Å²) >= 11 is 0. The van der Waals surface area contributed by atoms with E-state index >= 15 is 0 Å². The molecule has 0 aliphatic rings. The molecule has 1 aromatic heterocycles. The molecule has 2 aromatic rings. The lowest BCUT2D eigenvalue weighted by Crippen LogP contribution is -2.12. The lowest BCUT2D eigenvalue weighted by atomic mass is 10.0. The monoisotopic (exact) mass is 336 g/mol. The summed E-state index contributed by atoms with van der Waals surface area (Å²) in [6.45, 7) is 5.59. The minimum Gasteiger partial charge on any atom is -0.166 e. The normalized spacial score (nSPS) is 11.7. The molecule has 0 unspecified atom stereocenters. The van der Waals surface area contributed by atoms with Gasteiger partial charge in [0.25, 0.3) is 0 Å². The van der Waals surface area contributed by atoms with Gasteiger partial charge in [-0.3, -0.25) is 0 Å². The summed E-state index contributed by atoms with van der Waals surface area (Å²) in [5.74, 6) is 0. The molecule has 0 saturated carbocycles. The quantitative estimate of drug-likeness (QED) is 0.641. The summed E-state index contributed by atoms with van der Waals surface area (Å²) in [5.41, 5.74) is -2.85. The summed E-state index contributed by atoms with van der Waals surface area (Å²) in [6, 6.07) is 4.13. The first-order valence-corrected chi connectivity index (χ1v) is 6.68. The molecule has 0 radical (unpaired) electrons. The number of aromatic nitrogens is 2. The van der Waals surface area contributed by atoms with Crippen LogP contribution in [0.2, 0.25) is 0 Å². The van der Waals surface area contributed by atoms with Crippen LogP contribution in [0.5, 0.6) is 0 Å². The van der Waals surface area contributed by atoms with E-state index in [0.717, 1.165) is 6.07 Å². The third kappa shape index (κ3) is 4.67. The average molecular weight is 336 g/mol. The molecule has 0 amide bonds. The van der Waals surface area contributed by atoms with E-state index in [4.69, 9.17) is 0 Å². The Kier molecular flexibility index (Phi) is 5.74. The van der Waals surface area contributed by atoms with Crippen molar-refractivity contribution in [3.8, 4) is 11.3 Å². The highest BCUT2D eigenvalue weighted by Gasteiger charge is 2.38. The molecule has 0 bridgehead atoms. The zero-order chi connectivity index (χ0) is 17.8. The van der Waals surface area contributed by atoms with Crippen molar-refractivity contribution in [3.05, 3.63) is 47.2 Å². The topological polar surface area (TPSA) is 25.8 Å². The van der Waals surface area contributed by atoms with Crippen LogP contribution in [0.3, 0.4) is 0 Å². The predicted octanol–water partition coefficient (Wildman–Crippen LogP) is 5.52. The molecular weight excluding hydrogens is 322 g/mol. The summed E-state index contributed by atoms with van der Waals surface area (Å²) in [7, 11) is 0. The van der Waals surface area contributed by atoms with Gasteiger partial charge in [-0.2, -0.15) is 36.5 Å². The largest absolute Gasteiger partial charge is 0.417 e. The molecule has 8 heteroatoms. The maximum Gasteiger partial charge on any atom is 0.417 e. The van der Waals surface area contributed by atoms with Crippen LogP contribution in [0.1, 0.15) is 30.7 Å². The highest BCUT2D eigenvalue weighted by atomic mass is 19.4. The first-order chi connectivity index (χ1) is 10.6. The van der Waals surface area contributed by atoms with Gasteiger partial charge in [-0.1, -0.05) is 19.9 Å². The molecule has 0 atom stereocenters. The van der Waals surface area contributed by atoms with Crippen molar-refractivity contribution in [2.45, 2.75) is 33.1 Å². The second-order valence-corrected chi connectivity index (χ2v) is 4.32. The Morgan fingerprint density at radius 2 is 1.39 bits per heavy atom. The molecule has 0 N–H and O–H groups in total. The fourth-order valence-corrected chi connectivity index (χ4v) is 1.72. The maximum atomic E-state index is 13.0. The fraction of sp³-hybridized carbons (Fsp3) is 0.333. The van der Waals surface area contributed by atoms with Crippen LogP contribution in [0, 0.1) is 6.92 Å². The van der Waals surface area contributed by atoms with Crippen LogP contribution in [-0.4, -0.2) is 10.2 Å². The van der Waals surface area contributed by atoms with Gasteiger partial charge in [0.2, 0.25) is 0 Å². The van der Waals surface area contributed by atoms with Gasteiger partial charge < -0.3 is 0 Å². The Morgan fingerprint density at radius 1 is 0.783 bits per heavy atom. The van der Waals surface area contributed by atoms with E-state index in [2.05, 4.69) is 10.2 Å². The van der Waals surface area contributed by atoms with Crippen LogP contribution in [0.15, 0.2) is 30.3 Å². The van der Waals surface area contributed by atoms with Crippen LogP contribution in [-0.2, 0) is 12.4 Å². The van der Waals surface area contributed by atoms with Crippen LogP contribution < -0.4 is 0 Å². The zero-order valence-corrected chi connectivity index (χ0v) is 12.5. The lowest BCUT2D eigenvalue weighted by Gasteiger charge is -2.15. The highest BCUT2D eigenvalue weighted by Crippen LogP contribution is 2.40. The minimum absolute atomic E-state index is 0.0802. The van der Waals surface area contributed by atoms with Crippen molar-refractivity contribution >= 4 is 0 Å². The number of halogens is 6. The van der Waals surface area contributed by atoms with Gasteiger partial charge in [-0.15, -0.1) is 0 Å². The molecule has 2 nitrogen and oxygen atoms in total. The number of nitrogens with zero attached hydrogens (tertiary/aromatic N) is 2. The van der Waals surface area contributed by atoms with Gasteiger partial charge >= 0.3 is 12.4 Å². The van der Waals surface area contributed by atoms with E-state index in [0.29, 0.717) is 11.8 Å². The Hall–Kier alpha value is -2.12. The zero-order valence-electron chi connectivity index (χ0n) is 12.5. The van der Waals surface area contributed by atoms with E-state index in [1.54, 1.807) is 6.92 Å². The first-order valence-electron chi connectivity index (χ1n) is 6.68. The maximum absolute atomic E-state index is 13.0. The Bertz CT molecular complexity index is 644. The number of alkyl halides is 6. The highest BCUT2D eigenvalue weighted by molar-refractivity contribution is 5.65. The molecule has 0 aliphatic heterocycles. The van der Waals surface area contributed by atoms with Crippen molar-refractivity contribution in [3.63, 3.8) is 0 Å². The molecule has 2 rings (SSSR count). The minimum atomic E-state index is -4.93. The van der Waals surface area contributed by atoms with E-state index in [-0.39, 0.29) is 11.8 Å². The van der Waals surface area contributed by atoms with Gasteiger partial charge in [-0.05, 0) is 31.2 Å². The van der Waals surface area contributed by atoms with E-state index in [1.807, 2.05) is 13.8 Å². The van der Waals surface area contributed by atoms with E-state index < -0.39 is 29.0 Å². The number of rotatable bonds is 1.